The maximum atomic E-state index is 11.7. The summed E-state index contributed by atoms with van der Waals surface area (Å²) in [5.74, 6) is -0.958. The van der Waals surface area contributed by atoms with Crippen molar-refractivity contribution in [1.82, 2.24) is 0 Å². The fourth-order valence-electron chi connectivity index (χ4n) is 2.17. The van der Waals surface area contributed by atoms with Gasteiger partial charge in [0.25, 0.3) is 0 Å². The lowest BCUT2D eigenvalue weighted by atomic mass is 9.70. The molecular formula is C11H18O3. The molecule has 0 spiro atoms. The molecule has 0 amide bonds. The zero-order chi connectivity index (χ0) is 10.6. The Morgan fingerprint density at radius 3 is 2.71 bits per heavy atom. The highest BCUT2D eigenvalue weighted by Crippen LogP contribution is 2.38. The van der Waals surface area contributed by atoms with E-state index < -0.39 is 11.4 Å². The maximum absolute atomic E-state index is 11.7. The average Bonchev–Trinajstić information content (AvgIpc) is 2.16. The van der Waals surface area contributed by atoms with Crippen LogP contribution in [0.4, 0.5) is 0 Å². The Labute approximate surface area is 84.5 Å². The number of Topliss-reactive ketones (excluding diaryl/α,β-unsaturated/α-hetero) is 1. The number of carbonyl (C=O) groups is 2. The molecule has 1 aliphatic carbocycles. The largest absolute Gasteiger partial charge is 0.480 e. The molecule has 1 unspecified atom stereocenters. The molecule has 1 N–H and O–H groups in total. The van der Waals surface area contributed by atoms with Crippen LogP contribution in [0, 0.1) is 5.41 Å². The van der Waals surface area contributed by atoms with E-state index in [-0.39, 0.29) is 5.78 Å². The summed E-state index contributed by atoms with van der Waals surface area (Å²) in [6, 6.07) is 0. The molecule has 3 nitrogen and oxygen atoms in total. The first-order valence-corrected chi connectivity index (χ1v) is 5.40. The number of carboxylic acids is 1. The average molecular weight is 198 g/mol. The molecule has 1 rings (SSSR count). The van der Waals surface area contributed by atoms with Crippen LogP contribution in [0.2, 0.25) is 0 Å². The van der Waals surface area contributed by atoms with Gasteiger partial charge < -0.3 is 5.11 Å². The van der Waals surface area contributed by atoms with E-state index in [1.54, 1.807) is 0 Å². The van der Waals surface area contributed by atoms with Crippen molar-refractivity contribution < 1.29 is 14.7 Å². The van der Waals surface area contributed by atoms with Crippen LogP contribution in [0.1, 0.15) is 51.9 Å². The number of carboxylic acid groups (broad SMARTS) is 1. The quantitative estimate of drug-likeness (QED) is 0.706. The summed E-state index contributed by atoms with van der Waals surface area (Å²) < 4.78 is 0. The van der Waals surface area contributed by atoms with E-state index in [9.17, 15) is 9.59 Å². The molecule has 1 fully saturated rings. The Morgan fingerprint density at radius 2 is 2.21 bits per heavy atom. The fourth-order valence-corrected chi connectivity index (χ4v) is 2.17. The second-order valence-corrected chi connectivity index (χ2v) is 4.12. The third kappa shape index (κ3) is 1.97. The summed E-state index contributed by atoms with van der Waals surface area (Å²) in [6.45, 7) is 2.02. The number of ketones is 1. The smallest absolute Gasteiger partial charge is 0.317 e. The number of carbonyl (C=O) groups excluding carboxylic acids is 1. The molecule has 14 heavy (non-hydrogen) atoms. The van der Waals surface area contributed by atoms with E-state index in [0.717, 1.165) is 25.7 Å². The standard InChI is InChI=1S/C11H18O3/c1-2-3-7-11(10(13)14)8-5-4-6-9(11)12/h2-8H2,1H3,(H,13,14). The zero-order valence-electron chi connectivity index (χ0n) is 8.71. The van der Waals surface area contributed by atoms with E-state index in [1.165, 1.54) is 0 Å². The lowest BCUT2D eigenvalue weighted by Crippen LogP contribution is -2.41. The van der Waals surface area contributed by atoms with Crippen LogP contribution in [-0.4, -0.2) is 16.9 Å². The predicted molar refractivity (Wildman–Crippen MR) is 53.1 cm³/mol. The Morgan fingerprint density at radius 1 is 1.50 bits per heavy atom. The highest BCUT2D eigenvalue weighted by molar-refractivity contribution is 6.03. The Hall–Kier alpha value is -0.860. The molecule has 0 aromatic rings. The van der Waals surface area contributed by atoms with Gasteiger partial charge in [0, 0.05) is 6.42 Å². The van der Waals surface area contributed by atoms with Crippen molar-refractivity contribution in [3.05, 3.63) is 0 Å². The molecule has 0 aromatic carbocycles. The number of hydrogen-bond acceptors (Lipinski definition) is 2. The SMILES string of the molecule is CCCCC1(C(=O)O)CCCCC1=O. The highest BCUT2D eigenvalue weighted by atomic mass is 16.4. The molecule has 0 aliphatic heterocycles. The Bertz CT molecular complexity index is 235. The second-order valence-electron chi connectivity index (χ2n) is 4.12. The summed E-state index contributed by atoms with van der Waals surface area (Å²) >= 11 is 0. The monoisotopic (exact) mass is 198 g/mol. The van der Waals surface area contributed by atoms with Crippen molar-refractivity contribution in [3.63, 3.8) is 0 Å². The predicted octanol–water partition coefficient (Wildman–Crippen LogP) is 2.39. The molecule has 0 saturated heterocycles. The molecule has 80 valence electrons. The van der Waals surface area contributed by atoms with Crippen LogP contribution in [0.15, 0.2) is 0 Å². The first-order valence-electron chi connectivity index (χ1n) is 5.40. The molecule has 0 bridgehead atoms. The van der Waals surface area contributed by atoms with Crippen molar-refractivity contribution in [2.75, 3.05) is 0 Å². The summed E-state index contributed by atoms with van der Waals surface area (Å²) in [6.07, 6.45) is 5.04. The minimum absolute atomic E-state index is 0.0512. The van der Waals surface area contributed by atoms with Gasteiger partial charge in [0.05, 0.1) is 0 Å². The van der Waals surface area contributed by atoms with Crippen molar-refractivity contribution >= 4 is 11.8 Å². The molecule has 0 heterocycles. The van der Waals surface area contributed by atoms with Crippen LogP contribution in [0.5, 0.6) is 0 Å². The van der Waals surface area contributed by atoms with Crippen molar-refractivity contribution in [1.29, 1.82) is 0 Å². The Balaban J connectivity index is 2.78. The van der Waals surface area contributed by atoms with Gasteiger partial charge in [-0.05, 0) is 19.3 Å². The van der Waals surface area contributed by atoms with Crippen LogP contribution in [0.25, 0.3) is 0 Å². The van der Waals surface area contributed by atoms with Gasteiger partial charge in [-0.3, -0.25) is 9.59 Å². The van der Waals surface area contributed by atoms with E-state index in [1.807, 2.05) is 6.92 Å². The van der Waals surface area contributed by atoms with E-state index in [4.69, 9.17) is 5.11 Å². The van der Waals surface area contributed by atoms with Gasteiger partial charge in [-0.2, -0.15) is 0 Å². The van der Waals surface area contributed by atoms with Gasteiger partial charge in [0.2, 0.25) is 0 Å². The number of aliphatic carboxylic acids is 1. The number of unbranched alkanes of at least 4 members (excludes halogenated alkanes) is 1. The normalized spacial score (nSPS) is 27.6. The topological polar surface area (TPSA) is 54.4 Å². The minimum Gasteiger partial charge on any atom is -0.480 e. The van der Waals surface area contributed by atoms with Crippen molar-refractivity contribution in [2.24, 2.45) is 5.41 Å². The lowest BCUT2D eigenvalue weighted by Gasteiger charge is -2.31. The molecule has 1 atom stereocenters. The van der Waals surface area contributed by atoms with Crippen LogP contribution < -0.4 is 0 Å². The molecule has 0 aromatic heterocycles. The summed E-state index contributed by atoms with van der Waals surface area (Å²) in [4.78, 5) is 22.9. The van der Waals surface area contributed by atoms with Crippen LogP contribution in [0.3, 0.4) is 0 Å². The van der Waals surface area contributed by atoms with Gasteiger partial charge in [-0.1, -0.05) is 26.2 Å². The third-order valence-electron chi connectivity index (χ3n) is 3.16. The zero-order valence-corrected chi connectivity index (χ0v) is 8.71. The molecular weight excluding hydrogens is 180 g/mol. The summed E-state index contributed by atoms with van der Waals surface area (Å²) in [7, 11) is 0. The van der Waals surface area contributed by atoms with Crippen molar-refractivity contribution in [3.8, 4) is 0 Å². The van der Waals surface area contributed by atoms with Gasteiger partial charge >= 0.3 is 5.97 Å². The molecule has 1 aliphatic rings. The van der Waals surface area contributed by atoms with E-state index >= 15 is 0 Å². The van der Waals surface area contributed by atoms with Gasteiger partial charge in [-0.15, -0.1) is 0 Å². The third-order valence-corrected chi connectivity index (χ3v) is 3.16. The molecule has 1 saturated carbocycles. The van der Waals surface area contributed by atoms with Gasteiger partial charge in [-0.25, -0.2) is 0 Å². The van der Waals surface area contributed by atoms with E-state index in [2.05, 4.69) is 0 Å². The fraction of sp³-hybridized carbons (Fsp3) is 0.818. The number of hydrogen-bond donors (Lipinski definition) is 1. The maximum Gasteiger partial charge on any atom is 0.317 e. The number of rotatable bonds is 4. The highest BCUT2D eigenvalue weighted by Gasteiger charge is 2.45. The van der Waals surface area contributed by atoms with Crippen LogP contribution >= 0.6 is 0 Å². The summed E-state index contributed by atoms with van der Waals surface area (Å²) in [5.41, 5.74) is -1.03. The minimum atomic E-state index is -1.03. The first-order chi connectivity index (χ1) is 6.63. The van der Waals surface area contributed by atoms with Gasteiger partial charge in [0.15, 0.2) is 0 Å². The first kappa shape index (κ1) is 11.2. The Kier molecular flexibility index (Phi) is 3.67. The summed E-state index contributed by atoms with van der Waals surface area (Å²) in [5, 5.41) is 9.16. The van der Waals surface area contributed by atoms with Crippen molar-refractivity contribution in [2.45, 2.75) is 51.9 Å². The molecule has 0 radical (unpaired) electrons. The molecule has 3 heteroatoms. The van der Waals surface area contributed by atoms with Crippen LogP contribution in [-0.2, 0) is 9.59 Å². The van der Waals surface area contributed by atoms with E-state index in [0.29, 0.717) is 19.3 Å². The van der Waals surface area contributed by atoms with Gasteiger partial charge in [0.1, 0.15) is 11.2 Å². The second kappa shape index (κ2) is 4.58. The lowest BCUT2D eigenvalue weighted by molar-refractivity contribution is -0.157.